The molecule has 3 aromatic rings. The Labute approximate surface area is 291 Å². The Balaban J connectivity index is 0.00000336. The van der Waals surface area contributed by atoms with E-state index in [9.17, 15) is 25.9 Å². The predicted molar refractivity (Wildman–Crippen MR) is 153 cm³/mol. The van der Waals surface area contributed by atoms with Gasteiger partial charge in [-0.15, -0.1) is 0 Å². The van der Waals surface area contributed by atoms with E-state index < -0.39 is 31.4 Å². The maximum absolute atomic E-state index is 12.5. The van der Waals surface area contributed by atoms with Gasteiger partial charge in [0.15, 0.2) is 32.8 Å². The van der Waals surface area contributed by atoms with Crippen LogP contribution in [0, 0.1) is 3.57 Å². The quantitative estimate of drug-likeness (QED) is 0.0904. The third-order valence-electron chi connectivity index (χ3n) is 6.71. The molecule has 0 N–H and O–H groups in total. The Bertz CT molecular complexity index is 1650. The van der Waals surface area contributed by atoms with Crippen LogP contribution in [0.4, 0.5) is 5.69 Å². The molecule has 2 aromatic carbocycles. The molecule has 2 unspecified atom stereocenters. The van der Waals surface area contributed by atoms with Crippen LogP contribution in [0.5, 0.6) is 0 Å². The van der Waals surface area contributed by atoms with Crippen molar-refractivity contribution in [3.8, 4) is 0 Å². The van der Waals surface area contributed by atoms with Crippen molar-refractivity contribution < 1.29 is 81.9 Å². The van der Waals surface area contributed by atoms with Gasteiger partial charge in [0.05, 0.1) is 27.6 Å². The van der Waals surface area contributed by atoms with Crippen LogP contribution < -0.4 is 60.4 Å². The maximum Gasteiger partial charge on any atom is 1.00 e. The summed E-state index contributed by atoms with van der Waals surface area (Å²) in [5.74, 6) is -0.418. The molecule has 1 aromatic heterocycles. The van der Waals surface area contributed by atoms with Crippen molar-refractivity contribution >= 4 is 99.5 Å². The van der Waals surface area contributed by atoms with Gasteiger partial charge in [-0.1, -0.05) is 22.9 Å². The summed E-state index contributed by atoms with van der Waals surface area (Å²) in [6.45, 7) is 0.962. The second kappa shape index (κ2) is 12.2. The fraction of sp³-hybridized carbons (Fsp3) is 0.348. The van der Waals surface area contributed by atoms with Crippen LogP contribution in [-0.2, 0) is 26.8 Å². The van der Waals surface area contributed by atoms with Crippen molar-refractivity contribution in [2.45, 2.75) is 42.5 Å². The van der Waals surface area contributed by atoms with Gasteiger partial charge < -0.3 is 9.11 Å². The second-order valence-corrected chi connectivity index (χ2v) is 15.9. The fourth-order valence-electron chi connectivity index (χ4n) is 5.18. The van der Waals surface area contributed by atoms with Crippen molar-refractivity contribution in [2.24, 2.45) is 0 Å². The van der Waals surface area contributed by atoms with Crippen LogP contribution in [0.2, 0.25) is 5.02 Å². The number of aryl methyl sites for hydroxylation is 1. The van der Waals surface area contributed by atoms with E-state index in [0.29, 0.717) is 31.0 Å². The number of thioether (sulfide) groups is 1. The molecule has 8 nitrogen and oxygen atoms in total. The van der Waals surface area contributed by atoms with Gasteiger partial charge in [-0.25, -0.2) is 21.3 Å². The zero-order valence-electron chi connectivity index (χ0n) is 20.3. The summed E-state index contributed by atoms with van der Waals surface area (Å²) >= 11 is 11.5. The number of benzene rings is 2. The molecule has 1 saturated heterocycles. The smallest absolute Gasteiger partial charge is 0.748 e. The summed E-state index contributed by atoms with van der Waals surface area (Å²) < 4.78 is 74.7. The maximum atomic E-state index is 12.5. The molecule has 0 saturated carbocycles. The minimum atomic E-state index is -4.61. The van der Waals surface area contributed by atoms with Gasteiger partial charge in [0.25, 0.3) is 5.01 Å². The number of hydrogen-bond donors (Lipinski definition) is 0. The summed E-state index contributed by atoms with van der Waals surface area (Å²) in [5.41, 5.74) is 1.70. The number of halogens is 2. The van der Waals surface area contributed by atoms with Gasteiger partial charge in [-0.2, -0.15) is 4.57 Å². The topological polar surface area (TPSA) is 118 Å². The average Bonchev–Trinajstić information content (AvgIpc) is 3.47. The number of quaternary nitrogens is 1. The molecular weight excluding hydrogens is 730 g/mol. The van der Waals surface area contributed by atoms with Crippen LogP contribution in [0.15, 0.2) is 46.3 Å². The molecule has 1 spiro atoms. The molecule has 0 aliphatic carbocycles. The molecule has 2 atom stereocenters. The van der Waals surface area contributed by atoms with Gasteiger partial charge in [0, 0.05) is 45.7 Å². The molecule has 38 heavy (non-hydrogen) atoms. The van der Waals surface area contributed by atoms with Crippen molar-refractivity contribution in [1.29, 1.82) is 0 Å². The largest absolute Gasteiger partial charge is 1.00 e. The second-order valence-electron chi connectivity index (χ2n) is 9.05. The van der Waals surface area contributed by atoms with Crippen molar-refractivity contribution in [3.63, 3.8) is 0 Å². The predicted octanol–water partition coefficient (Wildman–Crippen LogP) is 1.85. The molecule has 0 bridgehead atoms. The molecule has 1 fully saturated rings. The molecule has 3 heterocycles. The standard InChI is InChI=1S/C23H22ClIN2O6S4.K/c24-15-5-7-20-18(12-15)27(10-3-4-23(27)37(31,32)33)22(35-20)14-21-26(9-1-2-11-36(28,29)30)17-13-16(25)6-8-19(17)34-21;/h5-8,12-14,23H,1-4,9-11H2;/q;+1. The fourth-order valence-corrected chi connectivity index (χ4v) is 10.2. The minimum Gasteiger partial charge on any atom is -0.748 e. The van der Waals surface area contributed by atoms with E-state index in [-0.39, 0.29) is 68.7 Å². The number of hydrogen-bond acceptors (Lipinski definition) is 8. The van der Waals surface area contributed by atoms with Crippen LogP contribution in [0.3, 0.4) is 0 Å². The molecule has 5 rings (SSSR count). The number of thiazole rings is 1. The third-order valence-corrected chi connectivity index (χ3v) is 12.0. The van der Waals surface area contributed by atoms with Gasteiger partial charge in [-0.3, -0.25) is 0 Å². The number of unbranched alkanes of at least 4 members (excludes halogenated alkanes) is 1. The Morgan fingerprint density at radius 3 is 2.61 bits per heavy atom. The first-order valence-electron chi connectivity index (χ1n) is 11.5. The van der Waals surface area contributed by atoms with Gasteiger partial charge in [0.1, 0.15) is 4.70 Å². The molecule has 2 aliphatic rings. The summed E-state index contributed by atoms with van der Waals surface area (Å²) in [5, 5.41) is 0.940. The molecule has 0 radical (unpaired) electrons. The van der Waals surface area contributed by atoms with Crippen LogP contribution >= 0.6 is 57.3 Å². The van der Waals surface area contributed by atoms with E-state index in [1.165, 1.54) is 11.8 Å². The molecular formula is C23H22ClIKN2O6S4+. The van der Waals surface area contributed by atoms with E-state index in [2.05, 4.69) is 27.2 Å². The van der Waals surface area contributed by atoms with Crippen LogP contribution in [0.25, 0.3) is 16.3 Å². The SMILES string of the molecule is O=S(=O)([O-])CCCC[n+]1c(C=C2Sc3ccc(Cl)cc3[N+]23CCCC3S(=O)(=O)[O-])sc2ccc(I)cc21.[K+]. The van der Waals surface area contributed by atoms with Crippen molar-refractivity contribution in [1.82, 2.24) is 4.48 Å². The van der Waals surface area contributed by atoms with Gasteiger partial charge >= 0.3 is 51.4 Å². The Hall–Kier alpha value is 0.856. The number of nitrogens with zero attached hydrogens (tertiary/aromatic N) is 2. The van der Waals surface area contributed by atoms with E-state index in [0.717, 1.165) is 34.4 Å². The number of aromatic nitrogens is 1. The van der Waals surface area contributed by atoms with Crippen molar-refractivity contribution in [3.05, 3.63) is 55.0 Å². The molecule has 198 valence electrons. The first-order chi connectivity index (χ1) is 17.4. The molecule has 0 amide bonds. The van der Waals surface area contributed by atoms with Gasteiger partial charge in [0.2, 0.25) is 5.52 Å². The third kappa shape index (κ3) is 6.43. The van der Waals surface area contributed by atoms with E-state index >= 15 is 0 Å². The Kier molecular flexibility index (Phi) is 10.2. The van der Waals surface area contributed by atoms with E-state index in [4.69, 9.17) is 11.6 Å². The van der Waals surface area contributed by atoms with E-state index in [1.54, 1.807) is 23.5 Å². The summed E-state index contributed by atoms with van der Waals surface area (Å²) in [4.78, 5) is 0.870. The first kappa shape index (κ1) is 31.8. The monoisotopic (exact) mass is 751 g/mol. The van der Waals surface area contributed by atoms with Crippen LogP contribution in [0.1, 0.15) is 30.7 Å². The average molecular weight is 752 g/mol. The van der Waals surface area contributed by atoms with Gasteiger partial charge in [-0.05, 0) is 65.0 Å². The number of fused-ring (bicyclic) bond motifs is 3. The van der Waals surface area contributed by atoms with Crippen LogP contribution in [-0.4, -0.2) is 43.6 Å². The molecule has 15 heteroatoms. The Morgan fingerprint density at radius 2 is 1.89 bits per heavy atom. The van der Waals surface area contributed by atoms with E-state index in [1.807, 2.05) is 30.3 Å². The zero-order valence-corrected chi connectivity index (χ0v) is 29.6. The first-order valence-corrected chi connectivity index (χ1v) is 17.6. The number of rotatable bonds is 7. The Morgan fingerprint density at radius 1 is 1.13 bits per heavy atom. The summed E-state index contributed by atoms with van der Waals surface area (Å²) in [7, 11) is -8.90. The normalized spacial score (nSPS) is 22.3. The zero-order chi connectivity index (χ0) is 26.6. The summed E-state index contributed by atoms with van der Waals surface area (Å²) in [6.07, 6.45) is 3.55. The molecule has 2 aliphatic heterocycles. The summed E-state index contributed by atoms with van der Waals surface area (Å²) in [6, 6.07) is 11.4. The van der Waals surface area contributed by atoms with Crippen molar-refractivity contribution in [2.75, 3.05) is 12.3 Å². The minimum absolute atomic E-state index is 0.